The van der Waals surface area contributed by atoms with Crippen molar-refractivity contribution in [3.8, 4) is 0 Å². The number of pyridine rings is 1. The van der Waals surface area contributed by atoms with Gasteiger partial charge < -0.3 is 5.73 Å². The Morgan fingerprint density at radius 1 is 1.06 bits per heavy atom. The predicted octanol–water partition coefficient (Wildman–Crippen LogP) is 2.49. The fourth-order valence-corrected chi connectivity index (χ4v) is 2.01. The first-order valence-electron chi connectivity index (χ1n) is 5.33. The average Bonchev–Trinajstić information content (AvgIpc) is 2.38. The first-order chi connectivity index (χ1) is 8.25. The maximum atomic E-state index is 11.1. The number of aromatic nitrogens is 1. The van der Waals surface area contributed by atoms with E-state index in [1.165, 1.54) is 6.20 Å². The lowest BCUT2D eigenvalue weighted by molar-refractivity contribution is 0.1000. The summed E-state index contributed by atoms with van der Waals surface area (Å²) in [6.07, 6.45) is 1.52. The third-order valence-corrected chi connectivity index (χ3v) is 2.86. The van der Waals surface area contributed by atoms with E-state index in [9.17, 15) is 4.79 Å². The lowest BCUT2D eigenvalue weighted by Gasteiger charge is -2.03. The standard InChI is InChI=1S/C14H10N2O/c15-14(17)11-7-10-6-5-9-3-1-2-4-12(9)13(10)16-8-11/h1-8H,(H2,15,17). The molecule has 3 rings (SSSR count). The fraction of sp³-hybridized carbons (Fsp3) is 0. The third-order valence-electron chi connectivity index (χ3n) is 2.86. The monoisotopic (exact) mass is 222 g/mol. The summed E-state index contributed by atoms with van der Waals surface area (Å²) >= 11 is 0. The maximum Gasteiger partial charge on any atom is 0.250 e. The van der Waals surface area contributed by atoms with Gasteiger partial charge in [-0.25, -0.2) is 0 Å². The van der Waals surface area contributed by atoms with Crippen molar-refractivity contribution in [2.24, 2.45) is 5.73 Å². The van der Waals surface area contributed by atoms with Gasteiger partial charge in [-0.3, -0.25) is 9.78 Å². The number of carbonyl (C=O) groups excluding carboxylic acids is 1. The largest absolute Gasteiger partial charge is 0.366 e. The summed E-state index contributed by atoms with van der Waals surface area (Å²) < 4.78 is 0. The first-order valence-corrected chi connectivity index (χ1v) is 5.33. The molecule has 0 atom stereocenters. The van der Waals surface area contributed by atoms with Crippen molar-refractivity contribution in [3.05, 3.63) is 54.2 Å². The van der Waals surface area contributed by atoms with Gasteiger partial charge in [0.2, 0.25) is 5.91 Å². The third kappa shape index (κ3) is 1.52. The van der Waals surface area contributed by atoms with Gasteiger partial charge in [0.05, 0.1) is 11.1 Å². The van der Waals surface area contributed by atoms with Gasteiger partial charge in [-0.1, -0.05) is 36.4 Å². The molecule has 3 heteroatoms. The number of rotatable bonds is 1. The van der Waals surface area contributed by atoms with Gasteiger partial charge in [0.1, 0.15) is 0 Å². The summed E-state index contributed by atoms with van der Waals surface area (Å²) in [6, 6.07) is 13.8. The molecule has 0 saturated carbocycles. The summed E-state index contributed by atoms with van der Waals surface area (Å²) in [5.41, 5.74) is 6.57. The smallest absolute Gasteiger partial charge is 0.250 e. The highest BCUT2D eigenvalue weighted by Crippen LogP contribution is 2.23. The molecule has 0 bridgehead atoms. The molecule has 17 heavy (non-hydrogen) atoms. The normalized spacial score (nSPS) is 10.8. The van der Waals surface area contributed by atoms with E-state index in [1.54, 1.807) is 6.07 Å². The van der Waals surface area contributed by atoms with Crippen molar-refractivity contribution in [1.29, 1.82) is 0 Å². The second-order valence-corrected chi connectivity index (χ2v) is 3.95. The van der Waals surface area contributed by atoms with Crippen molar-refractivity contribution < 1.29 is 4.79 Å². The molecule has 0 aliphatic carbocycles. The Hall–Kier alpha value is -2.42. The Balaban J connectivity index is 2.41. The number of primary amides is 1. The Labute approximate surface area is 97.9 Å². The molecule has 0 aliphatic rings. The van der Waals surface area contributed by atoms with E-state index in [2.05, 4.69) is 4.98 Å². The van der Waals surface area contributed by atoms with Crippen molar-refractivity contribution in [3.63, 3.8) is 0 Å². The van der Waals surface area contributed by atoms with Crippen molar-refractivity contribution in [1.82, 2.24) is 4.98 Å². The van der Waals surface area contributed by atoms with Gasteiger partial charge in [-0.05, 0) is 11.5 Å². The minimum atomic E-state index is -0.451. The Kier molecular flexibility index (Phi) is 2.05. The summed E-state index contributed by atoms with van der Waals surface area (Å²) in [5.74, 6) is -0.451. The van der Waals surface area contributed by atoms with Crippen LogP contribution in [0, 0.1) is 0 Å². The Morgan fingerprint density at radius 3 is 2.65 bits per heavy atom. The van der Waals surface area contributed by atoms with Crippen LogP contribution in [0.1, 0.15) is 10.4 Å². The zero-order valence-corrected chi connectivity index (χ0v) is 9.05. The molecule has 3 aromatic rings. The maximum absolute atomic E-state index is 11.1. The number of nitrogens with two attached hydrogens (primary N) is 1. The zero-order chi connectivity index (χ0) is 11.8. The molecular weight excluding hydrogens is 212 g/mol. The summed E-state index contributed by atoms with van der Waals surface area (Å²) in [5, 5.41) is 3.15. The first kappa shape index (κ1) is 9.78. The van der Waals surface area contributed by atoms with E-state index in [0.29, 0.717) is 5.56 Å². The Bertz CT molecular complexity index is 734. The van der Waals surface area contributed by atoms with Gasteiger partial charge in [0, 0.05) is 17.0 Å². The quantitative estimate of drug-likeness (QED) is 0.643. The van der Waals surface area contributed by atoms with E-state index >= 15 is 0 Å². The van der Waals surface area contributed by atoms with E-state index in [1.807, 2.05) is 36.4 Å². The van der Waals surface area contributed by atoms with Gasteiger partial charge in [-0.15, -0.1) is 0 Å². The molecule has 1 heterocycles. The summed E-state index contributed by atoms with van der Waals surface area (Å²) in [4.78, 5) is 15.4. The van der Waals surface area contributed by atoms with Crippen LogP contribution < -0.4 is 5.73 Å². The molecular formula is C14H10N2O. The summed E-state index contributed by atoms with van der Waals surface area (Å²) in [7, 11) is 0. The van der Waals surface area contributed by atoms with E-state index in [4.69, 9.17) is 5.73 Å². The van der Waals surface area contributed by atoms with Gasteiger partial charge >= 0.3 is 0 Å². The predicted molar refractivity (Wildman–Crippen MR) is 67.8 cm³/mol. The molecule has 0 radical (unpaired) electrons. The van der Waals surface area contributed by atoms with Crippen molar-refractivity contribution >= 4 is 27.6 Å². The number of hydrogen-bond donors (Lipinski definition) is 1. The SMILES string of the molecule is NC(=O)c1cnc2c(ccc3ccccc32)c1. The van der Waals surface area contributed by atoms with E-state index < -0.39 is 5.91 Å². The van der Waals surface area contributed by atoms with Crippen LogP contribution in [0.15, 0.2) is 48.7 Å². The molecule has 3 nitrogen and oxygen atoms in total. The number of benzene rings is 2. The van der Waals surface area contributed by atoms with Crippen LogP contribution >= 0.6 is 0 Å². The molecule has 0 saturated heterocycles. The van der Waals surface area contributed by atoms with E-state index in [0.717, 1.165) is 21.7 Å². The Morgan fingerprint density at radius 2 is 1.82 bits per heavy atom. The molecule has 0 unspecified atom stereocenters. The number of amides is 1. The van der Waals surface area contributed by atoms with Crippen LogP contribution in [0.25, 0.3) is 21.7 Å². The van der Waals surface area contributed by atoms with Crippen LogP contribution in [0.5, 0.6) is 0 Å². The number of hydrogen-bond acceptors (Lipinski definition) is 2. The molecule has 2 aromatic carbocycles. The molecule has 2 N–H and O–H groups in total. The zero-order valence-electron chi connectivity index (χ0n) is 9.05. The fourth-order valence-electron chi connectivity index (χ4n) is 2.01. The van der Waals surface area contributed by atoms with Gasteiger partial charge in [0.25, 0.3) is 0 Å². The van der Waals surface area contributed by atoms with E-state index in [-0.39, 0.29) is 0 Å². The van der Waals surface area contributed by atoms with Crippen LogP contribution in [0.2, 0.25) is 0 Å². The van der Waals surface area contributed by atoms with Crippen LogP contribution in [0.3, 0.4) is 0 Å². The lowest BCUT2D eigenvalue weighted by Crippen LogP contribution is -2.11. The minimum absolute atomic E-state index is 0.438. The summed E-state index contributed by atoms with van der Waals surface area (Å²) in [6.45, 7) is 0. The molecule has 1 aromatic heterocycles. The number of fused-ring (bicyclic) bond motifs is 3. The number of nitrogens with zero attached hydrogens (tertiary/aromatic N) is 1. The highest BCUT2D eigenvalue weighted by Gasteiger charge is 2.05. The molecule has 0 spiro atoms. The number of carbonyl (C=O) groups is 1. The molecule has 0 fully saturated rings. The van der Waals surface area contributed by atoms with Crippen molar-refractivity contribution in [2.75, 3.05) is 0 Å². The molecule has 0 aliphatic heterocycles. The second-order valence-electron chi connectivity index (χ2n) is 3.95. The lowest BCUT2D eigenvalue weighted by atomic mass is 10.1. The van der Waals surface area contributed by atoms with Gasteiger partial charge in [0.15, 0.2) is 0 Å². The highest BCUT2D eigenvalue weighted by molar-refractivity contribution is 6.06. The highest BCUT2D eigenvalue weighted by atomic mass is 16.1. The van der Waals surface area contributed by atoms with Crippen molar-refractivity contribution in [2.45, 2.75) is 0 Å². The van der Waals surface area contributed by atoms with Crippen LogP contribution in [0.4, 0.5) is 0 Å². The van der Waals surface area contributed by atoms with Crippen LogP contribution in [-0.4, -0.2) is 10.9 Å². The van der Waals surface area contributed by atoms with Crippen LogP contribution in [-0.2, 0) is 0 Å². The minimum Gasteiger partial charge on any atom is -0.366 e. The molecule has 1 amide bonds. The average molecular weight is 222 g/mol. The van der Waals surface area contributed by atoms with Gasteiger partial charge in [-0.2, -0.15) is 0 Å². The second kappa shape index (κ2) is 3.56. The molecule has 82 valence electrons. The topological polar surface area (TPSA) is 56.0 Å².